The van der Waals surface area contributed by atoms with Gasteiger partial charge in [0.05, 0.1) is 29.1 Å². The lowest BCUT2D eigenvalue weighted by Gasteiger charge is -2.37. The number of amides is 2. The van der Waals surface area contributed by atoms with Crippen molar-refractivity contribution in [1.82, 2.24) is 24.4 Å². The summed E-state index contributed by atoms with van der Waals surface area (Å²) in [5, 5.41) is 3.84. The van der Waals surface area contributed by atoms with E-state index < -0.39 is 38.7 Å². The highest BCUT2D eigenvalue weighted by Crippen LogP contribution is 2.59. The average molecular weight is 770 g/mol. The van der Waals surface area contributed by atoms with E-state index in [1.807, 2.05) is 39.3 Å². The summed E-state index contributed by atoms with van der Waals surface area (Å²) >= 11 is 6.26. The van der Waals surface area contributed by atoms with Crippen molar-refractivity contribution in [1.29, 1.82) is 0 Å². The number of halogens is 4. The number of aromatic nitrogens is 3. The van der Waals surface area contributed by atoms with E-state index in [0.29, 0.717) is 25.3 Å². The van der Waals surface area contributed by atoms with E-state index in [1.54, 1.807) is 11.0 Å². The molecule has 5 rings (SSSR count). The van der Waals surface area contributed by atoms with Gasteiger partial charge in [0.15, 0.2) is 5.82 Å². The highest BCUT2D eigenvalue weighted by atomic mass is 35.5. The van der Waals surface area contributed by atoms with Crippen LogP contribution < -0.4 is 14.2 Å². The van der Waals surface area contributed by atoms with Gasteiger partial charge in [-0.2, -0.15) is 13.2 Å². The zero-order valence-electron chi connectivity index (χ0n) is 29.6. The molecule has 17 heteroatoms. The van der Waals surface area contributed by atoms with Crippen LogP contribution in [-0.2, 0) is 14.8 Å². The van der Waals surface area contributed by atoms with Crippen molar-refractivity contribution < 1.29 is 45.4 Å². The molecule has 1 aliphatic heterocycles. The molecule has 284 valence electrons. The molecule has 0 radical (unpaired) electrons. The van der Waals surface area contributed by atoms with Crippen LogP contribution in [0.5, 0.6) is 11.6 Å². The van der Waals surface area contributed by atoms with E-state index in [2.05, 4.69) is 10.1 Å². The van der Waals surface area contributed by atoms with Crippen LogP contribution in [0.4, 0.5) is 18.0 Å². The van der Waals surface area contributed by atoms with Gasteiger partial charge in [0, 0.05) is 30.4 Å². The zero-order chi connectivity index (χ0) is 38.1. The molecule has 1 aliphatic carbocycles. The quantitative estimate of drug-likeness (QED) is 0.140. The minimum absolute atomic E-state index is 0.0823. The van der Waals surface area contributed by atoms with Crippen LogP contribution >= 0.6 is 11.6 Å². The number of likely N-dealkylation sites (tertiary alicyclic amines) is 1. The van der Waals surface area contributed by atoms with Crippen LogP contribution in [0.15, 0.2) is 53.6 Å². The lowest BCUT2D eigenvalue weighted by Crippen LogP contribution is -2.48. The number of hydrogen-bond acceptors (Lipinski definition) is 9. The molecule has 2 aromatic heterocycles. The van der Waals surface area contributed by atoms with Crippen molar-refractivity contribution in [3.05, 3.63) is 59.4 Å². The third kappa shape index (κ3) is 9.11. The molecule has 1 saturated heterocycles. The molecule has 2 aliphatic rings. The lowest BCUT2D eigenvalue weighted by atomic mass is 9.85. The predicted octanol–water partition coefficient (Wildman–Crippen LogP) is 7.35. The van der Waals surface area contributed by atoms with Crippen LogP contribution in [0.3, 0.4) is 0 Å². The number of hydrogen-bond donors (Lipinski definition) is 1. The van der Waals surface area contributed by atoms with Gasteiger partial charge in [-0.25, -0.2) is 27.6 Å². The Morgan fingerprint density at radius 2 is 1.79 bits per heavy atom. The summed E-state index contributed by atoms with van der Waals surface area (Å²) in [4.78, 5) is 31.4. The fourth-order valence-electron chi connectivity index (χ4n) is 6.19. The van der Waals surface area contributed by atoms with E-state index in [0.717, 1.165) is 12.8 Å². The van der Waals surface area contributed by atoms with Gasteiger partial charge in [-0.15, -0.1) is 5.10 Å². The number of nitrogens with one attached hydrogen (secondary N) is 1. The molecule has 1 N–H and O–H groups in total. The maximum atomic E-state index is 13.2. The second kappa shape index (κ2) is 14.8. The Hall–Kier alpha value is -4.05. The summed E-state index contributed by atoms with van der Waals surface area (Å²) < 4.78 is 85.9. The van der Waals surface area contributed by atoms with Crippen LogP contribution in [0.25, 0.3) is 5.82 Å². The molecule has 1 atom stereocenters. The Kier molecular flexibility index (Phi) is 11.1. The normalized spacial score (nSPS) is 18.2. The molecule has 0 spiro atoms. The number of benzene rings is 1. The Bertz CT molecular complexity index is 1890. The van der Waals surface area contributed by atoms with Gasteiger partial charge in [0.25, 0.3) is 15.9 Å². The summed E-state index contributed by atoms with van der Waals surface area (Å²) in [5.74, 6) is -0.241. The van der Waals surface area contributed by atoms with E-state index in [4.69, 9.17) is 25.8 Å². The largest absolute Gasteiger partial charge is 0.494 e. The standard InChI is InChI=1S/C35H43ClF3N5O7S/c1-32(2,3)51-31(46)43-18-13-23(33(43,4)5)8-7-20-49-24-9-6-10-25(22-24)52(47,48)42-30(45)26-11-12-27(40-29(26)36)44-19-14-28(41-44)50-21-17-34(15-16-34)35(37,38)39/h6,9-12,14,19,22-23H,7-8,13,15-18,20-21H2,1-5H3,(H,42,45). The van der Waals surface area contributed by atoms with E-state index >= 15 is 0 Å². The molecule has 3 aromatic rings. The minimum Gasteiger partial charge on any atom is -0.494 e. The Balaban J connectivity index is 1.12. The number of ether oxygens (including phenoxy) is 3. The maximum Gasteiger partial charge on any atom is 0.410 e. The molecular weight excluding hydrogens is 727 g/mol. The molecule has 0 bridgehead atoms. The fourth-order valence-corrected chi connectivity index (χ4v) is 7.42. The van der Waals surface area contributed by atoms with Crippen molar-refractivity contribution in [2.75, 3.05) is 19.8 Å². The lowest BCUT2D eigenvalue weighted by molar-refractivity contribution is -0.190. The van der Waals surface area contributed by atoms with E-state index in [-0.39, 0.29) is 65.2 Å². The highest BCUT2D eigenvalue weighted by Gasteiger charge is 2.62. The van der Waals surface area contributed by atoms with Gasteiger partial charge in [0.1, 0.15) is 16.5 Å². The maximum absolute atomic E-state index is 13.2. The van der Waals surface area contributed by atoms with Gasteiger partial charge < -0.3 is 19.1 Å². The predicted molar refractivity (Wildman–Crippen MR) is 185 cm³/mol. The molecule has 3 heterocycles. The zero-order valence-corrected chi connectivity index (χ0v) is 31.2. The topological polar surface area (TPSA) is 142 Å². The molecule has 1 saturated carbocycles. The third-order valence-corrected chi connectivity index (χ3v) is 11.1. The molecule has 1 unspecified atom stereocenters. The van der Waals surface area contributed by atoms with Crippen LogP contribution in [0, 0.1) is 11.3 Å². The molecular formula is C35H43ClF3N5O7S. The van der Waals surface area contributed by atoms with Crippen molar-refractivity contribution >= 4 is 33.6 Å². The number of nitrogens with zero attached hydrogens (tertiary/aromatic N) is 4. The first-order valence-electron chi connectivity index (χ1n) is 16.9. The van der Waals surface area contributed by atoms with Crippen LogP contribution in [0.1, 0.15) is 83.5 Å². The second-order valence-corrected chi connectivity index (χ2v) is 16.7. The van der Waals surface area contributed by atoms with Crippen molar-refractivity contribution in [2.24, 2.45) is 11.3 Å². The van der Waals surface area contributed by atoms with Crippen molar-refractivity contribution in [2.45, 2.75) is 95.4 Å². The number of carbonyl (C=O) groups is 2. The molecule has 2 fully saturated rings. The first kappa shape index (κ1) is 39.2. The van der Waals surface area contributed by atoms with E-state index in [9.17, 15) is 31.2 Å². The molecule has 52 heavy (non-hydrogen) atoms. The summed E-state index contributed by atoms with van der Waals surface area (Å²) in [6.07, 6.45) is -0.864. The number of alkyl halides is 3. The van der Waals surface area contributed by atoms with Gasteiger partial charge in [-0.1, -0.05) is 17.7 Å². The third-order valence-electron chi connectivity index (χ3n) is 9.48. The summed E-state index contributed by atoms with van der Waals surface area (Å²) in [7, 11) is -4.34. The Labute approximate surface area is 306 Å². The van der Waals surface area contributed by atoms with Gasteiger partial charge in [0.2, 0.25) is 5.88 Å². The monoisotopic (exact) mass is 769 g/mol. The second-order valence-electron chi connectivity index (χ2n) is 14.7. The number of pyridine rings is 1. The van der Waals surface area contributed by atoms with Crippen LogP contribution in [-0.4, -0.2) is 77.2 Å². The van der Waals surface area contributed by atoms with Gasteiger partial charge in [-0.3, -0.25) is 4.79 Å². The summed E-state index contributed by atoms with van der Waals surface area (Å²) in [5.41, 5.74) is -2.88. The van der Waals surface area contributed by atoms with Gasteiger partial charge in [-0.05, 0) is 103 Å². The molecule has 1 aromatic carbocycles. The highest BCUT2D eigenvalue weighted by molar-refractivity contribution is 7.90. The average Bonchev–Trinajstić information content (AvgIpc) is 3.59. The van der Waals surface area contributed by atoms with Gasteiger partial charge >= 0.3 is 12.3 Å². The fraction of sp³-hybridized carbons (Fsp3) is 0.543. The van der Waals surface area contributed by atoms with Crippen molar-refractivity contribution in [3.8, 4) is 17.4 Å². The Morgan fingerprint density at radius 3 is 2.44 bits per heavy atom. The van der Waals surface area contributed by atoms with Crippen molar-refractivity contribution in [3.63, 3.8) is 0 Å². The van der Waals surface area contributed by atoms with Crippen LogP contribution in [0.2, 0.25) is 5.15 Å². The first-order chi connectivity index (χ1) is 24.2. The SMILES string of the molecule is CC(C)(C)OC(=O)N1CCC(CCCOc2cccc(S(=O)(=O)NC(=O)c3ccc(-n4ccc(OCCC5(C(F)(F)F)CC5)n4)nc3Cl)c2)C1(C)C. The molecule has 12 nitrogen and oxygen atoms in total. The number of sulfonamides is 1. The minimum atomic E-state index is -4.34. The summed E-state index contributed by atoms with van der Waals surface area (Å²) in [6, 6.07) is 9.85. The smallest absolute Gasteiger partial charge is 0.410 e. The number of carbonyl (C=O) groups excluding carboxylic acids is 2. The number of rotatable bonds is 13. The molecule has 2 amide bonds. The first-order valence-corrected chi connectivity index (χ1v) is 18.8. The summed E-state index contributed by atoms with van der Waals surface area (Å²) in [6.45, 7) is 10.3. The van der Waals surface area contributed by atoms with E-state index in [1.165, 1.54) is 47.3 Å². The Morgan fingerprint density at radius 1 is 1.06 bits per heavy atom.